The average molecular weight is 332 g/mol. The molecule has 0 aromatic carbocycles. The normalized spacial score (nSPS) is 50.6. The lowest BCUT2D eigenvalue weighted by molar-refractivity contribution is -0.162. The molecule has 4 unspecified atom stereocenters. The highest BCUT2D eigenvalue weighted by molar-refractivity contribution is 5.79. The van der Waals surface area contributed by atoms with E-state index < -0.39 is 0 Å². The fraction of sp³-hybridized carbons (Fsp3) is 0.905. The van der Waals surface area contributed by atoms with Crippen molar-refractivity contribution in [3.8, 4) is 0 Å². The number of hydrogen-bond donors (Lipinski definition) is 0. The maximum atomic E-state index is 12.0. The van der Waals surface area contributed by atoms with Crippen molar-refractivity contribution in [3.63, 3.8) is 0 Å². The van der Waals surface area contributed by atoms with Gasteiger partial charge in [0.05, 0.1) is 0 Å². The zero-order chi connectivity index (χ0) is 17.1. The van der Waals surface area contributed by atoms with Crippen LogP contribution in [0.5, 0.6) is 0 Å². The van der Waals surface area contributed by atoms with Gasteiger partial charge in [-0.15, -0.1) is 0 Å². The van der Waals surface area contributed by atoms with Crippen molar-refractivity contribution in [2.75, 3.05) is 0 Å². The second kappa shape index (κ2) is 5.57. The molecule has 4 rings (SSSR count). The molecule has 0 radical (unpaired) electrons. The highest BCUT2D eigenvalue weighted by Crippen LogP contribution is 2.66. The Hall–Kier alpha value is -0.860. The van der Waals surface area contributed by atoms with Gasteiger partial charge in [-0.3, -0.25) is 9.59 Å². The Bertz CT molecular complexity index is 555. The molecule has 0 N–H and O–H groups in total. The predicted octanol–water partition coefficient (Wildman–Crippen LogP) is 4.53. The predicted molar refractivity (Wildman–Crippen MR) is 92.3 cm³/mol. The topological polar surface area (TPSA) is 43.4 Å². The first-order chi connectivity index (χ1) is 11.3. The lowest BCUT2D eigenvalue weighted by Crippen LogP contribution is -2.54. The molecule has 0 amide bonds. The molecule has 4 saturated carbocycles. The van der Waals surface area contributed by atoms with Gasteiger partial charge in [-0.05, 0) is 74.0 Å². The lowest BCUT2D eigenvalue weighted by Gasteiger charge is -2.60. The largest absolute Gasteiger partial charge is 0.462 e. The molecule has 4 aliphatic carbocycles. The van der Waals surface area contributed by atoms with Crippen molar-refractivity contribution in [1.82, 2.24) is 0 Å². The van der Waals surface area contributed by atoms with E-state index in [1.165, 1.54) is 32.1 Å². The maximum absolute atomic E-state index is 12.0. The molecule has 3 nitrogen and oxygen atoms in total. The summed E-state index contributed by atoms with van der Waals surface area (Å²) in [6.45, 7) is 6.42. The number of carbonyl (C=O) groups excluding carboxylic acids is 2. The van der Waals surface area contributed by atoms with Gasteiger partial charge in [0.25, 0.3) is 0 Å². The second-order valence-electron chi connectivity index (χ2n) is 9.62. The molecular formula is C21H32O3. The number of ketones is 1. The van der Waals surface area contributed by atoms with E-state index in [0.29, 0.717) is 23.0 Å². The van der Waals surface area contributed by atoms with Gasteiger partial charge in [-0.25, -0.2) is 0 Å². The van der Waals surface area contributed by atoms with Crippen molar-refractivity contribution >= 4 is 11.8 Å². The number of rotatable bonds is 1. The number of ether oxygens (including phenoxy) is 1. The summed E-state index contributed by atoms with van der Waals surface area (Å²) in [5.41, 5.74) is 0.554. The smallest absolute Gasteiger partial charge is 0.302 e. The van der Waals surface area contributed by atoms with Crippen molar-refractivity contribution in [2.45, 2.75) is 84.7 Å². The van der Waals surface area contributed by atoms with Crippen molar-refractivity contribution in [1.29, 1.82) is 0 Å². The van der Waals surface area contributed by atoms with Gasteiger partial charge in [-0.2, -0.15) is 0 Å². The van der Waals surface area contributed by atoms with Gasteiger partial charge in [-0.1, -0.05) is 13.8 Å². The zero-order valence-electron chi connectivity index (χ0n) is 15.5. The molecule has 7 atom stereocenters. The first-order valence-corrected chi connectivity index (χ1v) is 10.0. The molecule has 4 fully saturated rings. The Kier molecular flexibility index (Phi) is 3.85. The van der Waals surface area contributed by atoms with Gasteiger partial charge in [0.1, 0.15) is 11.9 Å². The highest BCUT2D eigenvalue weighted by Gasteiger charge is 2.60. The van der Waals surface area contributed by atoms with Gasteiger partial charge in [0.15, 0.2) is 0 Å². The third-order valence-electron chi connectivity index (χ3n) is 8.70. The summed E-state index contributed by atoms with van der Waals surface area (Å²) in [5, 5.41) is 0. The lowest BCUT2D eigenvalue weighted by atomic mass is 9.45. The van der Waals surface area contributed by atoms with Crippen molar-refractivity contribution in [2.24, 2.45) is 34.5 Å². The van der Waals surface area contributed by atoms with Crippen LogP contribution >= 0.6 is 0 Å². The number of hydrogen-bond acceptors (Lipinski definition) is 3. The van der Waals surface area contributed by atoms with Crippen LogP contribution in [0.2, 0.25) is 0 Å². The van der Waals surface area contributed by atoms with Gasteiger partial charge < -0.3 is 4.74 Å². The third-order valence-corrected chi connectivity index (χ3v) is 8.70. The van der Waals surface area contributed by atoms with E-state index in [1.54, 1.807) is 6.92 Å². The Balaban J connectivity index is 1.58. The number of esters is 1. The fourth-order valence-corrected chi connectivity index (χ4v) is 7.39. The van der Waals surface area contributed by atoms with E-state index in [1.807, 2.05) is 0 Å². The molecule has 134 valence electrons. The van der Waals surface area contributed by atoms with E-state index in [0.717, 1.165) is 37.5 Å². The van der Waals surface area contributed by atoms with Gasteiger partial charge in [0, 0.05) is 25.2 Å². The van der Waals surface area contributed by atoms with E-state index in [-0.39, 0.29) is 17.5 Å². The summed E-state index contributed by atoms with van der Waals surface area (Å²) in [6.07, 6.45) is 10.1. The molecule has 0 aromatic rings. The quantitative estimate of drug-likeness (QED) is 0.663. The van der Waals surface area contributed by atoms with Gasteiger partial charge in [0.2, 0.25) is 0 Å². The van der Waals surface area contributed by atoms with Crippen LogP contribution in [0.25, 0.3) is 0 Å². The van der Waals surface area contributed by atoms with Crippen LogP contribution in [-0.2, 0) is 14.3 Å². The van der Waals surface area contributed by atoms with Crippen LogP contribution in [0, 0.1) is 34.5 Å². The summed E-state index contributed by atoms with van der Waals surface area (Å²) in [6, 6.07) is 0. The van der Waals surface area contributed by atoms with E-state index in [4.69, 9.17) is 4.74 Å². The van der Waals surface area contributed by atoms with Crippen LogP contribution in [0.3, 0.4) is 0 Å². The fourth-order valence-electron chi connectivity index (χ4n) is 7.39. The molecule has 0 heterocycles. The summed E-state index contributed by atoms with van der Waals surface area (Å²) < 4.78 is 5.73. The summed E-state index contributed by atoms with van der Waals surface area (Å²) in [5.74, 6) is 3.25. The monoisotopic (exact) mass is 332 g/mol. The Labute approximate surface area is 145 Å². The van der Waals surface area contributed by atoms with Gasteiger partial charge >= 0.3 is 5.97 Å². The van der Waals surface area contributed by atoms with E-state index in [2.05, 4.69) is 13.8 Å². The Morgan fingerprint density at radius 2 is 1.75 bits per heavy atom. The van der Waals surface area contributed by atoms with Crippen LogP contribution in [0.4, 0.5) is 0 Å². The number of fused-ring (bicyclic) bond motifs is 5. The minimum Gasteiger partial charge on any atom is -0.462 e. The van der Waals surface area contributed by atoms with Crippen LogP contribution in [0.1, 0.15) is 78.6 Å². The second-order valence-corrected chi connectivity index (χ2v) is 9.62. The molecule has 4 aliphatic rings. The summed E-state index contributed by atoms with van der Waals surface area (Å²) >= 11 is 0. The van der Waals surface area contributed by atoms with Crippen LogP contribution in [-0.4, -0.2) is 17.9 Å². The van der Waals surface area contributed by atoms with Crippen LogP contribution < -0.4 is 0 Å². The molecule has 3 heteroatoms. The molecule has 24 heavy (non-hydrogen) atoms. The Morgan fingerprint density at radius 3 is 2.50 bits per heavy atom. The van der Waals surface area contributed by atoms with Crippen molar-refractivity contribution in [3.05, 3.63) is 0 Å². The molecule has 0 aliphatic heterocycles. The highest BCUT2D eigenvalue weighted by atomic mass is 16.5. The van der Waals surface area contributed by atoms with Crippen molar-refractivity contribution < 1.29 is 14.3 Å². The molecule has 0 spiro atoms. The molecule has 0 aromatic heterocycles. The summed E-state index contributed by atoms with van der Waals surface area (Å²) in [7, 11) is 0. The number of Topliss-reactive ketones (excluding diaryl/α,β-unsaturated/α-hetero) is 1. The zero-order valence-corrected chi connectivity index (χ0v) is 15.5. The van der Waals surface area contributed by atoms with Crippen LogP contribution in [0.15, 0.2) is 0 Å². The third kappa shape index (κ3) is 2.29. The maximum Gasteiger partial charge on any atom is 0.302 e. The Morgan fingerprint density at radius 1 is 1.00 bits per heavy atom. The van der Waals surface area contributed by atoms with E-state index in [9.17, 15) is 9.59 Å². The first-order valence-electron chi connectivity index (χ1n) is 10.0. The number of carbonyl (C=O) groups is 2. The minimum absolute atomic E-state index is 0.120. The molecule has 0 bridgehead atoms. The van der Waals surface area contributed by atoms with E-state index >= 15 is 0 Å². The summed E-state index contributed by atoms with van der Waals surface area (Å²) in [4.78, 5) is 23.5. The minimum atomic E-state index is -0.120. The molecular weight excluding hydrogens is 300 g/mol. The first kappa shape index (κ1) is 16.6. The standard InChI is InChI=1S/C21H32O3/c1-13(22)24-19-7-6-17-16-5-4-14-12-15(23)8-10-20(14,2)18(16)9-11-21(17,19)3/h14,16-19H,4-12H2,1-3H3/t14-,16?,17?,18?,19?,20-,21-/m0/s1. The SMILES string of the molecule is CC(=O)OC1CCC2C3CC[C@H]4CC(=O)CC[C@]4(C)C3CC[C@]12C. The average Bonchev–Trinajstić information content (AvgIpc) is 2.84. The molecule has 0 saturated heterocycles.